The molecule has 4 rings (SSSR count). The van der Waals surface area contributed by atoms with Crippen molar-refractivity contribution in [3.63, 3.8) is 0 Å². The number of hydrogen-bond donors (Lipinski definition) is 3. The first-order chi connectivity index (χ1) is 15.6. The smallest absolute Gasteiger partial charge is 0.281 e. The van der Waals surface area contributed by atoms with Gasteiger partial charge in [-0.3, -0.25) is 14.9 Å². The van der Waals surface area contributed by atoms with E-state index in [-0.39, 0.29) is 40.9 Å². The van der Waals surface area contributed by atoms with Gasteiger partial charge in [-0.05, 0) is 36.5 Å². The van der Waals surface area contributed by atoms with Gasteiger partial charge in [0.2, 0.25) is 5.91 Å². The minimum atomic E-state index is -0.526. The molecule has 0 radical (unpaired) electrons. The van der Waals surface area contributed by atoms with Crippen molar-refractivity contribution in [2.45, 2.75) is 52.1 Å². The van der Waals surface area contributed by atoms with E-state index in [1.54, 1.807) is 11.3 Å². The predicted molar refractivity (Wildman–Crippen MR) is 134 cm³/mol. The highest BCUT2D eigenvalue weighted by molar-refractivity contribution is 7.99. The highest BCUT2D eigenvalue weighted by Crippen LogP contribution is 2.57. The SMILES string of the molecule is C[C@H](C(=O)N1CCSCC1)[C@H]1CC[C@@]2(C)Cc3sc(NC(=O)C[NH+](C)C)nc3[C@@H](C)[C@@H]2[C@H]1O. The molecule has 0 bridgehead atoms. The first-order valence-electron chi connectivity index (χ1n) is 12.2. The van der Waals surface area contributed by atoms with Gasteiger partial charge < -0.3 is 14.9 Å². The lowest BCUT2D eigenvalue weighted by atomic mass is 9.53. The largest absolute Gasteiger partial charge is 0.392 e. The van der Waals surface area contributed by atoms with E-state index in [4.69, 9.17) is 4.98 Å². The summed E-state index contributed by atoms with van der Waals surface area (Å²) in [5.41, 5.74) is 0.996. The number of aliphatic hydroxyl groups excluding tert-OH is 1. The molecule has 1 aliphatic heterocycles. The van der Waals surface area contributed by atoms with Crippen LogP contribution in [0.2, 0.25) is 0 Å². The number of rotatable bonds is 5. The Balaban J connectivity index is 1.51. The maximum atomic E-state index is 13.2. The Kier molecular flexibility index (Phi) is 7.44. The van der Waals surface area contributed by atoms with Gasteiger partial charge in [0.25, 0.3) is 5.91 Å². The Bertz CT molecular complexity index is 885. The summed E-state index contributed by atoms with van der Waals surface area (Å²) in [5.74, 6) is 2.15. The zero-order valence-corrected chi connectivity index (χ0v) is 22.2. The number of nitrogens with zero attached hydrogens (tertiary/aromatic N) is 2. The number of likely N-dealkylation sites (N-methyl/N-ethyl adjacent to an activating group) is 1. The van der Waals surface area contributed by atoms with Crippen LogP contribution in [-0.2, 0) is 16.0 Å². The van der Waals surface area contributed by atoms with Gasteiger partial charge in [-0.1, -0.05) is 20.8 Å². The fourth-order valence-electron chi connectivity index (χ4n) is 6.34. The molecule has 7 nitrogen and oxygen atoms in total. The molecule has 3 aliphatic rings. The van der Waals surface area contributed by atoms with Crippen LogP contribution >= 0.6 is 23.1 Å². The lowest BCUT2D eigenvalue weighted by Gasteiger charge is -2.53. The highest BCUT2D eigenvalue weighted by atomic mass is 32.2. The minimum absolute atomic E-state index is 0.0185. The normalized spacial score (nSPS) is 32.8. The summed E-state index contributed by atoms with van der Waals surface area (Å²) in [6, 6.07) is 0. The quantitative estimate of drug-likeness (QED) is 0.576. The van der Waals surface area contributed by atoms with Crippen molar-refractivity contribution in [1.29, 1.82) is 0 Å². The average Bonchev–Trinajstić information content (AvgIpc) is 3.14. The number of carbonyl (C=O) groups excluding carboxylic acids is 2. The fraction of sp³-hybridized carbons (Fsp3) is 0.792. The van der Waals surface area contributed by atoms with Gasteiger partial charge in [-0.25, -0.2) is 4.98 Å². The van der Waals surface area contributed by atoms with E-state index in [1.807, 2.05) is 37.7 Å². The fourth-order valence-corrected chi connectivity index (χ4v) is 8.52. The molecule has 3 N–H and O–H groups in total. The molecule has 9 heteroatoms. The summed E-state index contributed by atoms with van der Waals surface area (Å²) in [6.07, 6.45) is 2.22. The molecule has 2 fully saturated rings. The summed E-state index contributed by atoms with van der Waals surface area (Å²) < 4.78 is 0. The van der Waals surface area contributed by atoms with Crippen LogP contribution in [0, 0.1) is 23.2 Å². The molecule has 0 aromatic carbocycles. The first kappa shape index (κ1) is 24.9. The van der Waals surface area contributed by atoms with Crippen molar-refractivity contribution in [2.75, 3.05) is 50.6 Å². The van der Waals surface area contributed by atoms with Crippen molar-refractivity contribution in [2.24, 2.45) is 23.2 Å². The molecule has 1 saturated carbocycles. The molecule has 184 valence electrons. The van der Waals surface area contributed by atoms with Gasteiger partial charge in [0, 0.05) is 41.3 Å². The second-order valence-corrected chi connectivity index (χ2v) is 13.1. The van der Waals surface area contributed by atoms with E-state index in [1.165, 1.54) is 4.88 Å². The van der Waals surface area contributed by atoms with Gasteiger partial charge in [0.15, 0.2) is 11.7 Å². The highest BCUT2D eigenvalue weighted by Gasteiger charge is 2.54. The topological polar surface area (TPSA) is 87.0 Å². The van der Waals surface area contributed by atoms with Crippen LogP contribution in [0.5, 0.6) is 0 Å². The Morgan fingerprint density at radius 1 is 1.33 bits per heavy atom. The Labute approximate surface area is 205 Å². The van der Waals surface area contributed by atoms with Gasteiger partial charge in [0.1, 0.15) is 0 Å². The van der Waals surface area contributed by atoms with E-state index in [2.05, 4.69) is 19.2 Å². The molecule has 2 aliphatic carbocycles. The third kappa shape index (κ3) is 4.97. The van der Waals surface area contributed by atoms with Crippen LogP contribution in [-0.4, -0.2) is 78.1 Å². The molecule has 1 aromatic heterocycles. The van der Waals surface area contributed by atoms with Crippen LogP contribution in [0.4, 0.5) is 5.13 Å². The number of aliphatic hydroxyl groups is 1. The number of amides is 2. The number of aromatic nitrogens is 1. The van der Waals surface area contributed by atoms with E-state index < -0.39 is 6.10 Å². The van der Waals surface area contributed by atoms with Crippen LogP contribution in [0.1, 0.15) is 50.1 Å². The molecule has 0 spiro atoms. The third-order valence-electron chi connectivity index (χ3n) is 8.04. The average molecular weight is 496 g/mol. The molecule has 2 amide bonds. The van der Waals surface area contributed by atoms with Crippen molar-refractivity contribution in [3.8, 4) is 0 Å². The molecule has 33 heavy (non-hydrogen) atoms. The molecular formula is C24H39N4O3S2+. The zero-order chi connectivity index (χ0) is 23.9. The number of anilines is 1. The molecule has 2 heterocycles. The van der Waals surface area contributed by atoms with Crippen molar-refractivity contribution in [3.05, 3.63) is 10.6 Å². The van der Waals surface area contributed by atoms with Gasteiger partial charge >= 0.3 is 0 Å². The summed E-state index contributed by atoms with van der Waals surface area (Å²) in [4.78, 5) is 34.6. The molecule has 0 unspecified atom stereocenters. The minimum Gasteiger partial charge on any atom is -0.392 e. The monoisotopic (exact) mass is 495 g/mol. The standard InChI is InChI=1S/C24H38N4O3S2/c1-14(22(31)28-8-10-32-11-9-28)16-6-7-24(3)12-17-20(15(2)19(24)21(16)30)26-23(33-17)25-18(29)13-27(4)5/h14-16,19,21,30H,6-13H2,1-5H3,(H,25,26,29)/p+1/t14-,15-,16+,19+,21-,24-/m0/s1. The van der Waals surface area contributed by atoms with Crippen LogP contribution < -0.4 is 10.2 Å². The Morgan fingerprint density at radius 2 is 2.03 bits per heavy atom. The summed E-state index contributed by atoms with van der Waals surface area (Å²) >= 11 is 3.49. The number of quaternary nitrogens is 1. The van der Waals surface area contributed by atoms with E-state index in [0.29, 0.717) is 11.7 Å². The Morgan fingerprint density at radius 3 is 2.70 bits per heavy atom. The lowest BCUT2D eigenvalue weighted by molar-refractivity contribution is -0.849. The third-order valence-corrected chi connectivity index (χ3v) is 9.97. The van der Waals surface area contributed by atoms with Crippen LogP contribution in [0.3, 0.4) is 0 Å². The lowest BCUT2D eigenvalue weighted by Crippen LogP contribution is -3.06. The van der Waals surface area contributed by atoms with E-state index in [9.17, 15) is 14.7 Å². The summed E-state index contributed by atoms with van der Waals surface area (Å²) in [7, 11) is 3.90. The number of carbonyl (C=O) groups is 2. The number of nitrogens with one attached hydrogen (secondary N) is 2. The predicted octanol–water partition coefficient (Wildman–Crippen LogP) is 1.49. The van der Waals surface area contributed by atoms with Gasteiger partial charge in [-0.2, -0.15) is 11.8 Å². The van der Waals surface area contributed by atoms with Gasteiger partial charge in [-0.15, -0.1) is 11.3 Å². The van der Waals surface area contributed by atoms with Gasteiger partial charge in [0.05, 0.1) is 25.9 Å². The van der Waals surface area contributed by atoms with E-state index in [0.717, 1.165) is 54.5 Å². The molecular weight excluding hydrogens is 456 g/mol. The molecule has 1 saturated heterocycles. The first-order valence-corrected chi connectivity index (χ1v) is 14.2. The molecule has 6 atom stereocenters. The van der Waals surface area contributed by atoms with Crippen LogP contribution in [0.15, 0.2) is 0 Å². The van der Waals surface area contributed by atoms with Crippen LogP contribution in [0.25, 0.3) is 0 Å². The van der Waals surface area contributed by atoms with Crippen molar-refractivity contribution >= 4 is 40.0 Å². The van der Waals surface area contributed by atoms with Crippen molar-refractivity contribution < 1.29 is 19.6 Å². The zero-order valence-electron chi connectivity index (χ0n) is 20.5. The second kappa shape index (κ2) is 9.84. The summed E-state index contributed by atoms with van der Waals surface area (Å²) in [5, 5.41) is 15.3. The number of fused-ring (bicyclic) bond motifs is 2. The maximum Gasteiger partial charge on any atom is 0.281 e. The summed E-state index contributed by atoms with van der Waals surface area (Å²) in [6.45, 7) is 8.51. The number of hydrogen-bond acceptors (Lipinski definition) is 6. The second-order valence-electron chi connectivity index (χ2n) is 10.8. The number of thiazole rings is 1. The molecule has 1 aromatic rings. The Hall–Kier alpha value is -1.16. The maximum absolute atomic E-state index is 13.2. The van der Waals surface area contributed by atoms with E-state index >= 15 is 0 Å². The number of thioether (sulfide) groups is 1. The van der Waals surface area contributed by atoms with Crippen molar-refractivity contribution in [1.82, 2.24) is 9.88 Å².